The largest absolute Gasteiger partial charge is 0.492 e. The number of hydrogen-bond donors (Lipinski definition) is 1. The predicted molar refractivity (Wildman–Crippen MR) is 118 cm³/mol. The zero-order chi connectivity index (χ0) is 20.5. The van der Waals surface area contributed by atoms with Crippen LogP contribution in [0.2, 0.25) is 0 Å². The van der Waals surface area contributed by atoms with Crippen LogP contribution in [0.4, 0.5) is 0 Å². The van der Waals surface area contributed by atoms with E-state index in [9.17, 15) is 4.79 Å². The molecule has 1 fully saturated rings. The van der Waals surface area contributed by atoms with Crippen molar-refractivity contribution in [1.82, 2.24) is 10.2 Å². The first kappa shape index (κ1) is 21.8. The van der Waals surface area contributed by atoms with Gasteiger partial charge in [0.15, 0.2) is 0 Å². The Labute approximate surface area is 181 Å². The van der Waals surface area contributed by atoms with Crippen molar-refractivity contribution in [2.45, 2.75) is 39.0 Å². The molecule has 0 radical (unpaired) electrons. The minimum Gasteiger partial charge on any atom is -0.492 e. The maximum atomic E-state index is 12.1. The van der Waals surface area contributed by atoms with E-state index in [1.165, 1.54) is 5.56 Å². The van der Waals surface area contributed by atoms with Gasteiger partial charge in [-0.2, -0.15) is 0 Å². The lowest BCUT2D eigenvalue weighted by Gasteiger charge is -2.31. The first-order valence-electron chi connectivity index (χ1n) is 10.2. The van der Waals surface area contributed by atoms with E-state index in [0.717, 1.165) is 42.0 Å². The van der Waals surface area contributed by atoms with Crippen LogP contribution in [0.25, 0.3) is 0 Å². The Morgan fingerprint density at radius 2 is 2.07 bits per heavy atom. The molecule has 0 aliphatic carbocycles. The smallest absolute Gasteiger partial charge is 0.220 e. The molecule has 1 amide bonds. The SMILES string of the molecule is CC1CN(Cc2cccc(CNC(=O)CCCOc3ccccc3Br)c2)CCO1. The summed E-state index contributed by atoms with van der Waals surface area (Å²) in [5, 5.41) is 3.01. The van der Waals surface area contributed by atoms with Crippen molar-refractivity contribution in [2.75, 3.05) is 26.3 Å². The van der Waals surface area contributed by atoms with Gasteiger partial charge in [-0.05, 0) is 52.5 Å². The number of rotatable bonds is 9. The van der Waals surface area contributed by atoms with Crippen molar-refractivity contribution in [3.63, 3.8) is 0 Å². The van der Waals surface area contributed by atoms with Crippen LogP contribution in [0.1, 0.15) is 30.9 Å². The van der Waals surface area contributed by atoms with Gasteiger partial charge in [-0.1, -0.05) is 36.4 Å². The molecule has 6 heteroatoms. The number of benzene rings is 2. The van der Waals surface area contributed by atoms with E-state index < -0.39 is 0 Å². The van der Waals surface area contributed by atoms with Gasteiger partial charge in [-0.3, -0.25) is 9.69 Å². The minimum atomic E-state index is 0.0492. The van der Waals surface area contributed by atoms with Crippen molar-refractivity contribution in [3.8, 4) is 5.75 Å². The maximum Gasteiger partial charge on any atom is 0.220 e. The molecule has 0 aromatic heterocycles. The molecule has 1 saturated heterocycles. The van der Waals surface area contributed by atoms with Crippen LogP contribution < -0.4 is 10.1 Å². The molecule has 1 unspecified atom stereocenters. The number of morpholine rings is 1. The molecule has 5 nitrogen and oxygen atoms in total. The van der Waals surface area contributed by atoms with Crippen molar-refractivity contribution in [3.05, 3.63) is 64.1 Å². The quantitative estimate of drug-likeness (QED) is 0.571. The second-order valence-electron chi connectivity index (χ2n) is 7.40. The Bertz CT molecular complexity index is 799. The van der Waals surface area contributed by atoms with E-state index in [4.69, 9.17) is 9.47 Å². The molecule has 2 aromatic carbocycles. The average molecular weight is 461 g/mol. The summed E-state index contributed by atoms with van der Waals surface area (Å²) in [6.07, 6.45) is 1.43. The Balaban J connectivity index is 1.37. The average Bonchev–Trinajstić information content (AvgIpc) is 2.71. The normalized spacial score (nSPS) is 17.1. The fourth-order valence-electron chi connectivity index (χ4n) is 3.40. The second-order valence-corrected chi connectivity index (χ2v) is 8.25. The fourth-order valence-corrected chi connectivity index (χ4v) is 3.80. The molecule has 3 rings (SSSR count). The van der Waals surface area contributed by atoms with Gasteiger partial charge in [0.25, 0.3) is 0 Å². The van der Waals surface area contributed by atoms with Crippen LogP contribution in [-0.4, -0.2) is 43.2 Å². The van der Waals surface area contributed by atoms with E-state index in [2.05, 4.69) is 57.3 Å². The van der Waals surface area contributed by atoms with Gasteiger partial charge >= 0.3 is 0 Å². The van der Waals surface area contributed by atoms with Gasteiger partial charge in [0.05, 0.1) is 23.8 Å². The molecular formula is C23H29BrN2O3. The lowest BCUT2D eigenvalue weighted by molar-refractivity contribution is -0.121. The van der Waals surface area contributed by atoms with Crippen LogP contribution in [0.15, 0.2) is 53.0 Å². The summed E-state index contributed by atoms with van der Waals surface area (Å²) in [6, 6.07) is 16.2. The van der Waals surface area contributed by atoms with Gasteiger partial charge in [0.1, 0.15) is 5.75 Å². The fraction of sp³-hybridized carbons (Fsp3) is 0.435. The molecule has 1 heterocycles. The van der Waals surface area contributed by atoms with E-state index in [-0.39, 0.29) is 5.91 Å². The zero-order valence-electron chi connectivity index (χ0n) is 16.9. The van der Waals surface area contributed by atoms with Gasteiger partial charge in [-0.15, -0.1) is 0 Å². The highest BCUT2D eigenvalue weighted by molar-refractivity contribution is 9.10. The first-order valence-corrected chi connectivity index (χ1v) is 11.0. The van der Waals surface area contributed by atoms with Crippen molar-refractivity contribution >= 4 is 21.8 Å². The number of nitrogens with one attached hydrogen (secondary N) is 1. The number of hydrogen-bond acceptors (Lipinski definition) is 4. The van der Waals surface area contributed by atoms with Gasteiger partial charge in [0.2, 0.25) is 5.91 Å². The van der Waals surface area contributed by atoms with E-state index in [0.29, 0.717) is 32.1 Å². The van der Waals surface area contributed by atoms with E-state index >= 15 is 0 Å². The Kier molecular flexibility index (Phi) is 8.52. The lowest BCUT2D eigenvalue weighted by Crippen LogP contribution is -2.40. The number of ether oxygens (including phenoxy) is 2. The summed E-state index contributed by atoms with van der Waals surface area (Å²) in [6.45, 7) is 6.82. The Morgan fingerprint density at radius 1 is 1.24 bits per heavy atom. The van der Waals surface area contributed by atoms with Gasteiger partial charge < -0.3 is 14.8 Å². The number of halogens is 1. The third-order valence-corrected chi connectivity index (χ3v) is 5.51. The highest BCUT2D eigenvalue weighted by Crippen LogP contribution is 2.23. The topological polar surface area (TPSA) is 50.8 Å². The van der Waals surface area contributed by atoms with Crippen LogP contribution in [-0.2, 0) is 22.6 Å². The van der Waals surface area contributed by atoms with Crippen molar-refractivity contribution in [2.24, 2.45) is 0 Å². The number of amides is 1. The van der Waals surface area contributed by atoms with Crippen LogP contribution >= 0.6 is 15.9 Å². The summed E-state index contributed by atoms with van der Waals surface area (Å²) < 4.78 is 12.2. The monoisotopic (exact) mass is 460 g/mol. The molecular weight excluding hydrogens is 432 g/mol. The molecule has 0 bridgehead atoms. The second kappa shape index (κ2) is 11.3. The van der Waals surface area contributed by atoms with Crippen molar-refractivity contribution in [1.29, 1.82) is 0 Å². The molecule has 156 valence electrons. The first-order chi connectivity index (χ1) is 14.1. The molecule has 0 saturated carbocycles. The molecule has 1 atom stereocenters. The summed E-state index contributed by atoms with van der Waals surface area (Å²) in [5.41, 5.74) is 2.40. The van der Waals surface area contributed by atoms with Gasteiger partial charge in [0, 0.05) is 32.6 Å². The summed E-state index contributed by atoms with van der Waals surface area (Å²) in [7, 11) is 0. The lowest BCUT2D eigenvalue weighted by atomic mass is 10.1. The van der Waals surface area contributed by atoms with E-state index in [1.54, 1.807) is 0 Å². The highest BCUT2D eigenvalue weighted by atomic mass is 79.9. The molecule has 1 aliphatic heterocycles. The van der Waals surface area contributed by atoms with Crippen LogP contribution in [0, 0.1) is 0 Å². The van der Waals surface area contributed by atoms with Crippen molar-refractivity contribution < 1.29 is 14.3 Å². The molecule has 2 aromatic rings. The minimum absolute atomic E-state index is 0.0492. The number of nitrogens with zero attached hydrogens (tertiary/aromatic N) is 1. The number of para-hydroxylation sites is 1. The Morgan fingerprint density at radius 3 is 2.90 bits per heavy atom. The Hall–Kier alpha value is -1.89. The summed E-state index contributed by atoms with van der Waals surface area (Å²) >= 11 is 3.45. The van der Waals surface area contributed by atoms with Crippen LogP contribution in [0.3, 0.4) is 0 Å². The summed E-state index contributed by atoms with van der Waals surface area (Å²) in [4.78, 5) is 14.5. The molecule has 29 heavy (non-hydrogen) atoms. The standard InChI is InChI=1S/C23H29BrN2O3/c1-18-16-26(11-13-28-18)17-20-7-4-6-19(14-20)15-25-23(27)10-5-12-29-22-9-3-2-8-21(22)24/h2-4,6-9,14,18H,5,10-13,15-17H2,1H3,(H,25,27). The maximum absolute atomic E-state index is 12.1. The van der Waals surface area contributed by atoms with Gasteiger partial charge in [-0.25, -0.2) is 0 Å². The highest BCUT2D eigenvalue weighted by Gasteiger charge is 2.16. The third kappa shape index (κ3) is 7.46. The summed E-state index contributed by atoms with van der Waals surface area (Å²) in [5.74, 6) is 0.854. The molecule has 1 N–H and O–H groups in total. The molecule has 0 spiro atoms. The third-order valence-electron chi connectivity index (χ3n) is 4.85. The molecule has 1 aliphatic rings. The predicted octanol–water partition coefficient (Wildman–Crippen LogP) is 4.15. The van der Waals surface area contributed by atoms with E-state index in [1.807, 2.05) is 24.3 Å². The number of carbonyl (C=O) groups excluding carboxylic acids is 1. The zero-order valence-corrected chi connectivity index (χ0v) is 18.5. The number of carbonyl (C=O) groups is 1. The van der Waals surface area contributed by atoms with Crippen LogP contribution in [0.5, 0.6) is 5.75 Å².